The van der Waals surface area contributed by atoms with Crippen molar-refractivity contribution in [2.75, 3.05) is 20.6 Å². The summed E-state index contributed by atoms with van der Waals surface area (Å²) in [5, 5.41) is 0.769. The van der Waals surface area contributed by atoms with Gasteiger partial charge in [0, 0.05) is 18.4 Å². The molecule has 1 aromatic carbocycles. The SMILES string of the molecule is CN(C)CCC(=O)c1cc2ccccc2oc1=O.Cl. The molecule has 0 unspecified atom stereocenters. The molecule has 0 aliphatic carbocycles. The van der Waals surface area contributed by atoms with Crippen LogP contribution in [0.5, 0.6) is 0 Å². The van der Waals surface area contributed by atoms with E-state index in [1.165, 1.54) is 0 Å². The second kappa shape index (κ2) is 6.50. The van der Waals surface area contributed by atoms with E-state index in [2.05, 4.69) is 0 Å². The molecule has 0 N–H and O–H groups in total. The number of carbonyl (C=O) groups excluding carboxylic acids is 1. The Morgan fingerprint density at radius 1 is 1.26 bits per heavy atom. The Hall–Kier alpha value is -1.65. The Balaban J connectivity index is 0.00000180. The summed E-state index contributed by atoms with van der Waals surface area (Å²) in [7, 11) is 3.77. The monoisotopic (exact) mass is 281 g/mol. The number of fused-ring (bicyclic) bond motifs is 1. The highest BCUT2D eigenvalue weighted by molar-refractivity contribution is 5.98. The third-order valence-electron chi connectivity index (χ3n) is 2.73. The third-order valence-corrected chi connectivity index (χ3v) is 2.73. The molecule has 0 radical (unpaired) electrons. The summed E-state index contributed by atoms with van der Waals surface area (Å²) in [6.45, 7) is 0.616. The van der Waals surface area contributed by atoms with Gasteiger partial charge in [-0.3, -0.25) is 4.79 Å². The van der Waals surface area contributed by atoms with Gasteiger partial charge in [-0.15, -0.1) is 12.4 Å². The van der Waals surface area contributed by atoms with E-state index in [-0.39, 0.29) is 23.8 Å². The summed E-state index contributed by atoms with van der Waals surface area (Å²) >= 11 is 0. The van der Waals surface area contributed by atoms with Crippen LogP contribution >= 0.6 is 12.4 Å². The van der Waals surface area contributed by atoms with Crippen LogP contribution in [0.15, 0.2) is 39.5 Å². The Labute approximate surface area is 117 Å². The first-order valence-corrected chi connectivity index (χ1v) is 5.79. The molecule has 0 aliphatic rings. The normalized spacial score (nSPS) is 10.5. The van der Waals surface area contributed by atoms with Gasteiger partial charge < -0.3 is 9.32 Å². The van der Waals surface area contributed by atoms with Gasteiger partial charge in [-0.25, -0.2) is 4.79 Å². The van der Waals surface area contributed by atoms with E-state index in [0.717, 1.165) is 5.39 Å². The van der Waals surface area contributed by atoms with E-state index < -0.39 is 5.63 Å². The summed E-state index contributed by atoms with van der Waals surface area (Å²) in [5.41, 5.74) is 0.0830. The maximum Gasteiger partial charge on any atom is 0.347 e. The van der Waals surface area contributed by atoms with Gasteiger partial charge in [-0.2, -0.15) is 0 Å². The number of carbonyl (C=O) groups is 1. The van der Waals surface area contributed by atoms with Crippen molar-refractivity contribution in [3.8, 4) is 0 Å². The van der Waals surface area contributed by atoms with Gasteiger partial charge in [0.15, 0.2) is 5.78 Å². The highest BCUT2D eigenvalue weighted by atomic mass is 35.5. The van der Waals surface area contributed by atoms with Crippen molar-refractivity contribution < 1.29 is 9.21 Å². The molecule has 19 heavy (non-hydrogen) atoms. The van der Waals surface area contributed by atoms with E-state index in [1.54, 1.807) is 18.2 Å². The highest BCUT2D eigenvalue weighted by Crippen LogP contribution is 2.13. The summed E-state index contributed by atoms with van der Waals surface area (Å²) in [6, 6.07) is 8.78. The molecule has 5 heteroatoms. The molecule has 1 heterocycles. The van der Waals surface area contributed by atoms with Crippen LogP contribution in [0, 0.1) is 0 Å². The van der Waals surface area contributed by atoms with Crippen LogP contribution in [0.3, 0.4) is 0 Å². The molecule has 0 saturated heterocycles. The van der Waals surface area contributed by atoms with Gasteiger partial charge in [0.1, 0.15) is 11.1 Å². The van der Waals surface area contributed by atoms with Crippen molar-refractivity contribution in [1.82, 2.24) is 4.90 Å². The molecule has 2 aromatic rings. The van der Waals surface area contributed by atoms with Gasteiger partial charge in [-0.05, 0) is 26.2 Å². The maximum absolute atomic E-state index is 11.9. The van der Waals surface area contributed by atoms with Crippen LogP contribution in [0.1, 0.15) is 16.8 Å². The van der Waals surface area contributed by atoms with E-state index in [9.17, 15) is 9.59 Å². The number of halogens is 1. The molecular weight excluding hydrogens is 266 g/mol. The Kier molecular flexibility index (Phi) is 5.27. The minimum atomic E-state index is -0.558. The zero-order valence-corrected chi connectivity index (χ0v) is 11.7. The first-order valence-electron chi connectivity index (χ1n) is 5.79. The third kappa shape index (κ3) is 3.66. The highest BCUT2D eigenvalue weighted by Gasteiger charge is 2.13. The fraction of sp³-hybridized carbons (Fsp3) is 0.286. The zero-order valence-electron chi connectivity index (χ0n) is 10.9. The van der Waals surface area contributed by atoms with Gasteiger partial charge in [-0.1, -0.05) is 18.2 Å². The standard InChI is InChI=1S/C14H15NO3.ClH/c1-15(2)8-7-12(16)11-9-10-5-3-4-6-13(10)18-14(11)17;/h3-6,9H,7-8H2,1-2H3;1H. The minimum Gasteiger partial charge on any atom is -0.422 e. The number of benzene rings is 1. The van der Waals surface area contributed by atoms with E-state index in [4.69, 9.17) is 4.42 Å². The lowest BCUT2D eigenvalue weighted by Gasteiger charge is -2.07. The second-order valence-corrected chi connectivity index (χ2v) is 4.46. The first-order chi connectivity index (χ1) is 8.58. The molecule has 0 atom stereocenters. The van der Waals surface area contributed by atoms with Crippen molar-refractivity contribution >= 4 is 29.2 Å². The second-order valence-electron chi connectivity index (χ2n) is 4.46. The smallest absolute Gasteiger partial charge is 0.347 e. The number of hydrogen-bond acceptors (Lipinski definition) is 4. The van der Waals surface area contributed by atoms with Crippen molar-refractivity contribution in [3.05, 3.63) is 46.3 Å². The molecule has 0 aliphatic heterocycles. The molecule has 0 bridgehead atoms. The number of ketones is 1. The largest absolute Gasteiger partial charge is 0.422 e. The molecule has 0 fully saturated rings. The lowest BCUT2D eigenvalue weighted by molar-refractivity contribution is 0.0969. The van der Waals surface area contributed by atoms with Crippen molar-refractivity contribution in [2.24, 2.45) is 0 Å². The molecule has 2 rings (SSSR count). The first kappa shape index (κ1) is 15.4. The predicted molar refractivity (Wildman–Crippen MR) is 77.2 cm³/mol. The summed E-state index contributed by atoms with van der Waals surface area (Å²) in [5.74, 6) is -0.178. The Morgan fingerprint density at radius 2 is 1.95 bits per heavy atom. The molecule has 4 nitrogen and oxygen atoms in total. The molecule has 0 amide bonds. The quantitative estimate of drug-likeness (QED) is 0.638. The van der Waals surface area contributed by atoms with Crippen molar-refractivity contribution in [1.29, 1.82) is 0 Å². The maximum atomic E-state index is 11.9. The number of nitrogens with zero attached hydrogens (tertiary/aromatic N) is 1. The zero-order chi connectivity index (χ0) is 13.1. The fourth-order valence-corrected chi connectivity index (χ4v) is 1.72. The topological polar surface area (TPSA) is 50.5 Å². The summed E-state index contributed by atoms with van der Waals surface area (Å²) in [4.78, 5) is 25.5. The summed E-state index contributed by atoms with van der Waals surface area (Å²) < 4.78 is 5.13. The Bertz CT molecular complexity index is 634. The van der Waals surface area contributed by atoms with Crippen molar-refractivity contribution in [2.45, 2.75) is 6.42 Å². The van der Waals surface area contributed by atoms with Crippen LogP contribution < -0.4 is 5.63 Å². The average Bonchev–Trinajstić information content (AvgIpc) is 2.35. The van der Waals surface area contributed by atoms with Crippen LogP contribution in [0.4, 0.5) is 0 Å². The van der Waals surface area contributed by atoms with Crippen molar-refractivity contribution in [3.63, 3.8) is 0 Å². The molecule has 0 saturated carbocycles. The van der Waals surface area contributed by atoms with Crippen LogP contribution in [-0.4, -0.2) is 31.3 Å². The van der Waals surface area contributed by atoms with Crippen LogP contribution in [0.2, 0.25) is 0 Å². The van der Waals surface area contributed by atoms with Crippen LogP contribution in [0.25, 0.3) is 11.0 Å². The minimum absolute atomic E-state index is 0. The fourth-order valence-electron chi connectivity index (χ4n) is 1.72. The average molecular weight is 282 g/mol. The van der Waals surface area contributed by atoms with Crippen LogP contribution in [-0.2, 0) is 0 Å². The molecule has 102 valence electrons. The lowest BCUT2D eigenvalue weighted by Crippen LogP contribution is -2.20. The van der Waals surface area contributed by atoms with Gasteiger partial charge >= 0.3 is 5.63 Å². The van der Waals surface area contributed by atoms with Gasteiger partial charge in [0.2, 0.25) is 0 Å². The van der Waals surface area contributed by atoms with Gasteiger partial charge in [0.05, 0.1) is 0 Å². The number of hydrogen-bond donors (Lipinski definition) is 0. The molecule has 0 spiro atoms. The van der Waals surface area contributed by atoms with E-state index in [0.29, 0.717) is 18.5 Å². The number of Topliss-reactive ketones (excluding diaryl/α,β-unsaturated/α-hetero) is 1. The summed E-state index contributed by atoms with van der Waals surface area (Å²) in [6.07, 6.45) is 0.316. The molecular formula is C14H16ClNO3. The van der Waals surface area contributed by atoms with E-state index >= 15 is 0 Å². The predicted octanol–water partition coefficient (Wildman–Crippen LogP) is 2.35. The number of rotatable bonds is 4. The Morgan fingerprint density at radius 3 is 2.63 bits per heavy atom. The van der Waals surface area contributed by atoms with E-state index in [1.807, 2.05) is 31.1 Å². The molecule has 1 aromatic heterocycles. The van der Waals surface area contributed by atoms with Gasteiger partial charge in [0.25, 0.3) is 0 Å². The lowest BCUT2D eigenvalue weighted by atomic mass is 10.1. The number of para-hydroxylation sites is 1.